The Morgan fingerprint density at radius 3 is 1.61 bits per heavy atom. The van der Waals surface area contributed by atoms with Crippen LogP contribution in [0.15, 0.2) is 170 Å². The summed E-state index contributed by atoms with van der Waals surface area (Å²) in [4.78, 5) is 19.4. The molecular weight excluding hydrogens is 641 g/mol. The van der Waals surface area contributed by atoms with E-state index in [1.807, 2.05) is 41.8 Å². The highest BCUT2D eigenvalue weighted by Gasteiger charge is 2.12. The highest BCUT2D eigenvalue weighted by molar-refractivity contribution is 7.26. The van der Waals surface area contributed by atoms with Crippen molar-refractivity contribution in [2.75, 3.05) is 0 Å². The molecule has 4 nitrogen and oxygen atoms in total. The van der Waals surface area contributed by atoms with Gasteiger partial charge in [0.05, 0.1) is 33.8 Å². The van der Waals surface area contributed by atoms with Gasteiger partial charge in [0.15, 0.2) is 0 Å². The van der Waals surface area contributed by atoms with Crippen molar-refractivity contribution in [3.8, 4) is 56.2 Å². The molecule has 5 heteroatoms. The van der Waals surface area contributed by atoms with Crippen molar-refractivity contribution in [3.63, 3.8) is 0 Å². The van der Waals surface area contributed by atoms with E-state index in [0.29, 0.717) is 0 Å². The fourth-order valence-electron chi connectivity index (χ4n) is 6.95. The number of benzene rings is 5. The normalized spacial score (nSPS) is 11.5. The number of hydrogen-bond acceptors (Lipinski definition) is 5. The topological polar surface area (TPSA) is 51.6 Å². The lowest BCUT2D eigenvalue weighted by Crippen LogP contribution is -1.91. The van der Waals surface area contributed by atoms with Crippen LogP contribution in [0, 0.1) is 0 Å². The van der Waals surface area contributed by atoms with Gasteiger partial charge in [-0.1, -0.05) is 121 Å². The van der Waals surface area contributed by atoms with Gasteiger partial charge >= 0.3 is 0 Å². The second-order valence-electron chi connectivity index (χ2n) is 12.7. The van der Waals surface area contributed by atoms with Crippen LogP contribution < -0.4 is 0 Å². The predicted octanol–water partition coefficient (Wildman–Crippen LogP) is 12.3. The van der Waals surface area contributed by atoms with E-state index in [-0.39, 0.29) is 0 Å². The van der Waals surface area contributed by atoms with Gasteiger partial charge in [-0.25, -0.2) is 9.97 Å². The first-order valence-corrected chi connectivity index (χ1v) is 17.8. The lowest BCUT2D eigenvalue weighted by molar-refractivity contribution is 1.25. The molecule has 0 saturated carbocycles. The maximum absolute atomic E-state index is 5.20. The van der Waals surface area contributed by atoms with Crippen LogP contribution in [-0.4, -0.2) is 19.9 Å². The number of nitrogens with zero attached hydrogens (tertiary/aromatic N) is 4. The van der Waals surface area contributed by atoms with E-state index in [9.17, 15) is 0 Å². The third-order valence-corrected chi connectivity index (χ3v) is 10.8. The van der Waals surface area contributed by atoms with Crippen LogP contribution in [0.2, 0.25) is 0 Å². The highest BCUT2D eigenvalue weighted by atomic mass is 32.1. The van der Waals surface area contributed by atoms with Crippen LogP contribution in [0.5, 0.6) is 0 Å². The van der Waals surface area contributed by atoms with Crippen molar-refractivity contribution >= 4 is 53.3 Å². The number of aromatic nitrogens is 4. The van der Waals surface area contributed by atoms with E-state index in [2.05, 4.69) is 143 Å². The minimum Gasteiger partial charge on any atom is -0.255 e. The van der Waals surface area contributed by atoms with Gasteiger partial charge in [0, 0.05) is 60.0 Å². The number of rotatable bonds is 5. The summed E-state index contributed by atoms with van der Waals surface area (Å²) in [6, 6.07) is 55.3. The second-order valence-corrected chi connectivity index (χ2v) is 13.7. The molecular formula is C46H28N4S. The highest BCUT2D eigenvalue weighted by Crippen LogP contribution is 2.40. The Bertz CT molecular complexity index is 2880. The van der Waals surface area contributed by atoms with Crippen molar-refractivity contribution in [2.24, 2.45) is 0 Å². The third-order valence-electron chi connectivity index (χ3n) is 9.62. The van der Waals surface area contributed by atoms with Crippen LogP contribution in [0.4, 0.5) is 0 Å². The number of thiophene rings is 1. The fourth-order valence-corrected chi connectivity index (χ4v) is 8.19. The average molecular weight is 669 g/mol. The van der Waals surface area contributed by atoms with Crippen LogP contribution >= 0.6 is 11.3 Å². The minimum absolute atomic E-state index is 0.859. The number of fused-ring (bicyclic) bond motifs is 6. The third kappa shape index (κ3) is 5.23. The van der Waals surface area contributed by atoms with Gasteiger partial charge in [-0.2, -0.15) is 0 Å². The van der Waals surface area contributed by atoms with Crippen LogP contribution in [0.1, 0.15) is 0 Å². The zero-order valence-electron chi connectivity index (χ0n) is 27.4. The first kappa shape index (κ1) is 29.4. The Morgan fingerprint density at radius 1 is 0.373 bits per heavy atom. The summed E-state index contributed by atoms with van der Waals surface area (Å²) in [7, 11) is 0. The molecule has 0 saturated heterocycles. The van der Waals surface area contributed by atoms with E-state index in [0.717, 1.165) is 66.8 Å². The van der Waals surface area contributed by atoms with Crippen LogP contribution in [0.3, 0.4) is 0 Å². The molecule has 10 aromatic rings. The summed E-state index contributed by atoms with van der Waals surface area (Å²) < 4.78 is 2.64. The molecule has 0 unspecified atom stereocenters. The molecule has 0 bridgehead atoms. The smallest absolute Gasteiger partial charge is 0.0972 e. The van der Waals surface area contributed by atoms with Crippen molar-refractivity contribution in [3.05, 3.63) is 170 Å². The van der Waals surface area contributed by atoms with E-state index in [4.69, 9.17) is 9.97 Å². The molecule has 238 valence electrons. The first-order chi connectivity index (χ1) is 25.2. The van der Waals surface area contributed by atoms with Gasteiger partial charge in [0.25, 0.3) is 0 Å². The van der Waals surface area contributed by atoms with Crippen molar-refractivity contribution in [1.29, 1.82) is 0 Å². The molecule has 5 aromatic carbocycles. The summed E-state index contributed by atoms with van der Waals surface area (Å²) in [6.45, 7) is 0. The molecule has 0 aliphatic carbocycles. The molecule has 0 fully saturated rings. The summed E-state index contributed by atoms with van der Waals surface area (Å²) >= 11 is 1.86. The molecule has 0 N–H and O–H groups in total. The molecule has 51 heavy (non-hydrogen) atoms. The molecule has 10 rings (SSSR count). The van der Waals surface area contributed by atoms with Gasteiger partial charge < -0.3 is 0 Å². The summed E-state index contributed by atoms with van der Waals surface area (Å²) in [6.07, 6.45) is 3.69. The Kier molecular flexibility index (Phi) is 6.96. The van der Waals surface area contributed by atoms with Crippen molar-refractivity contribution in [2.45, 2.75) is 0 Å². The van der Waals surface area contributed by atoms with E-state index >= 15 is 0 Å². The summed E-state index contributed by atoms with van der Waals surface area (Å²) in [5.41, 5.74) is 12.1. The lowest BCUT2D eigenvalue weighted by atomic mass is 10.00. The van der Waals surface area contributed by atoms with Crippen LogP contribution in [-0.2, 0) is 0 Å². The Hall–Kier alpha value is -6.56. The Balaban J connectivity index is 0.964. The zero-order chi connectivity index (χ0) is 33.7. The molecule has 0 aliphatic heterocycles. The van der Waals surface area contributed by atoms with E-state index < -0.39 is 0 Å². The fraction of sp³-hybridized carbons (Fsp3) is 0. The quantitative estimate of drug-likeness (QED) is 0.171. The van der Waals surface area contributed by atoms with Gasteiger partial charge in [0.1, 0.15) is 0 Å². The summed E-state index contributed by atoms with van der Waals surface area (Å²) in [5, 5.41) is 4.77. The van der Waals surface area contributed by atoms with E-state index in [1.165, 1.54) is 31.3 Å². The average Bonchev–Trinajstić information content (AvgIpc) is 3.60. The van der Waals surface area contributed by atoms with Gasteiger partial charge in [-0.3, -0.25) is 9.97 Å². The zero-order valence-corrected chi connectivity index (χ0v) is 28.2. The summed E-state index contributed by atoms with van der Waals surface area (Å²) in [5.74, 6) is 0. The molecule has 0 spiro atoms. The first-order valence-electron chi connectivity index (χ1n) is 17.0. The molecule has 5 aromatic heterocycles. The van der Waals surface area contributed by atoms with Crippen molar-refractivity contribution < 1.29 is 0 Å². The number of pyridine rings is 4. The Labute approximate surface area is 298 Å². The minimum atomic E-state index is 0.859. The maximum Gasteiger partial charge on any atom is 0.0972 e. The molecule has 0 atom stereocenters. The van der Waals surface area contributed by atoms with Crippen molar-refractivity contribution in [1.82, 2.24) is 19.9 Å². The Morgan fingerprint density at radius 2 is 0.941 bits per heavy atom. The predicted molar refractivity (Wildman–Crippen MR) is 213 cm³/mol. The van der Waals surface area contributed by atoms with Gasteiger partial charge in [-0.05, 0) is 53.1 Å². The maximum atomic E-state index is 5.20. The van der Waals surface area contributed by atoms with Gasteiger partial charge in [0.2, 0.25) is 0 Å². The second kappa shape index (κ2) is 12.1. The van der Waals surface area contributed by atoms with Gasteiger partial charge in [-0.15, -0.1) is 11.3 Å². The molecule has 0 radical (unpaired) electrons. The lowest BCUT2D eigenvalue weighted by Gasteiger charge is -2.10. The molecule has 0 amide bonds. The largest absolute Gasteiger partial charge is 0.255 e. The molecule has 5 heterocycles. The van der Waals surface area contributed by atoms with Crippen LogP contribution in [0.25, 0.3) is 98.1 Å². The number of hydrogen-bond donors (Lipinski definition) is 0. The van der Waals surface area contributed by atoms with E-state index in [1.54, 1.807) is 6.20 Å². The monoisotopic (exact) mass is 668 g/mol. The molecule has 0 aliphatic rings. The standard InChI is InChI=1S/C46H28N4S/c1-2-10-43-37(6-1)38-8-5-7-36(46(38)51-43)30-13-17-32(18-14-30)40-25-22-34-20-19-33-21-24-39(49-44(33)45(34)50-40)31-15-11-29(12-16-31)35-23-26-42(48-28-35)41-9-3-4-27-47-41/h1-28H. The SMILES string of the molecule is c1ccc(-c2ccc(-c3ccc(-c4ccc5ccc6ccc(-c7ccc(-c8cccc9c8sc8ccccc89)cc7)nc6c5n4)cc3)cn2)nc1.